The zero-order chi connectivity index (χ0) is 12.5. The van der Waals surface area contributed by atoms with Crippen molar-refractivity contribution in [1.29, 1.82) is 5.41 Å². The van der Waals surface area contributed by atoms with Crippen molar-refractivity contribution in [2.75, 3.05) is 0 Å². The lowest BCUT2D eigenvalue weighted by molar-refractivity contribution is 0.587. The third-order valence-electron chi connectivity index (χ3n) is 2.40. The molecule has 1 aromatic heterocycles. The molecule has 0 unspecified atom stereocenters. The average Bonchev–Trinajstić information content (AvgIpc) is 2.80. The molecule has 2 rings (SSSR count). The molecular weight excluding hydrogens is 236 g/mol. The minimum Gasteiger partial charge on any atom is -0.303 e. The number of benzene rings is 1. The van der Waals surface area contributed by atoms with E-state index in [-0.39, 0.29) is 10.6 Å². The molecule has 0 aliphatic heterocycles. The molecule has 0 atom stereocenters. The van der Waals surface area contributed by atoms with Gasteiger partial charge in [-0.15, -0.1) is 0 Å². The predicted molar refractivity (Wildman–Crippen MR) is 66.0 cm³/mol. The SMILES string of the molecule is CC(=N)c1cccn1S(=O)(=O)c1ccccc1. The zero-order valence-corrected chi connectivity index (χ0v) is 10.1. The van der Waals surface area contributed by atoms with Gasteiger partial charge in [-0.1, -0.05) is 18.2 Å². The van der Waals surface area contributed by atoms with Gasteiger partial charge in [0.05, 0.1) is 16.3 Å². The molecule has 17 heavy (non-hydrogen) atoms. The first-order chi connectivity index (χ1) is 8.03. The van der Waals surface area contributed by atoms with Crippen LogP contribution in [-0.4, -0.2) is 18.1 Å². The van der Waals surface area contributed by atoms with E-state index in [1.807, 2.05) is 0 Å². The summed E-state index contributed by atoms with van der Waals surface area (Å²) in [7, 11) is -3.60. The van der Waals surface area contributed by atoms with E-state index in [1.165, 1.54) is 6.20 Å². The van der Waals surface area contributed by atoms with Gasteiger partial charge in [-0.05, 0) is 31.2 Å². The first-order valence-electron chi connectivity index (χ1n) is 5.07. The van der Waals surface area contributed by atoms with Gasteiger partial charge in [-0.25, -0.2) is 12.4 Å². The van der Waals surface area contributed by atoms with Gasteiger partial charge in [0.2, 0.25) is 0 Å². The van der Waals surface area contributed by atoms with Crippen molar-refractivity contribution in [1.82, 2.24) is 3.97 Å². The minimum absolute atomic E-state index is 0.217. The Bertz CT molecular complexity index is 642. The molecule has 0 saturated heterocycles. The largest absolute Gasteiger partial charge is 0.303 e. The van der Waals surface area contributed by atoms with Crippen LogP contribution in [0.3, 0.4) is 0 Å². The van der Waals surface area contributed by atoms with E-state index in [4.69, 9.17) is 5.41 Å². The van der Waals surface area contributed by atoms with Crippen LogP contribution in [0.1, 0.15) is 12.6 Å². The molecule has 4 nitrogen and oxygen atoms in total. The summed E-state index contributed by atoms with van der Waals surface area (Å²) in [6.07, 6.45) is 1.45. The summed E-state index contributed by atoms with van der Waals surface area (Å²) in [5.41, 5.74) is 0.600. The fourth-order valence-electron chi connectivity index (χ4n) is 1.57. The molecule has 0 spiro atoms. The topological polar surface area (TPSA) is 62.9 Å². The standard InChI is InChI=1S/C12H12N2O2S/c1-10(13)12-8-5-9-14(12)17(15,16)11-6-3-2-4-7-11/h2-9,13H,1H3. The van der Waals surface area contributed by atoms with E-state index < -0.39 is 10.0 Å². The lowest BCUT2D eigenvalue weighted by Crippen LogP contribution is -2.16. The van der Waals surface area contributed by atoms with Gasteiger partial charge in [-0.3, -0.25) is 0 Å². The van der Waals surface area contributed by atoms with Crippen molar-refractivity contribution >= 4 is 15.7 Å². The molecule has 5 heteroatoms. The monoisotopic (exact) mass is 248 g/mol. The van der Waals surface area contributed by atoms with Crippen molar-refractivity contribution in [2.45, 2.75) is 11.8 Å². The lowest BCUT2D eigenvalue weighted by atomic mass is 10.3. The quantitative estimate of drug-likeness (QED) is 0.845. The average molecular weight is 248 g/mol. The van der Waals surface area contributed by atoms with Crippen LogP contribution in [0.25, 0.3) is 0 Å². The van der Waals surface area contributed by atoms with E-state index in [1.54, 1.807) is 49.4 Å². The normalized spacial score (nSPS) is 11.4. The van der Waals surface area contributed by atoms with E-state index in [9.17, 15) is 8.42 Å². The number of nitrogens with one attached hydrogen (secondary N) is 1. The maximum atomic E-state index is 12.3. The van der Waals surface area contributed by atoms with Crippen molar-refractivity contribution in [3.63, 3.8) is 0 Å². The highest BCUT2D eigenvalue weighted by atomic mass is 32.2. The van der Waals surface area contributed by atoms with Crippen LogP contribution in [0.5, 0.6) is 0 Å². The van der Waals surface area contributed by atoms with Gasteiger partial charge in [0, 0.05) is 6.20 Å². The maximum Gasteiger partial charge on any atom is 0.268 e. The molecule has 0 radical (unpaired) electrons. The summed E-state index contributed by atoms with van der Waals surface area (Å²) in [6.45, 7) is 1.56. The third kappa shape index (κ3) is 2.01. The number of aromatic nitrogens is 1. The number of nitrogens with zero attached hydrogens (tertiary/aromatic N) is 1. The molecule has 0 amide bonds. The molecule has 88 valence electrons. The second-order valence-corrected chi connectivity index (χ2v) is 5.45. The second kappa shape index (κ2) is 4.18. The van der Waals surface area contributed by atoms with Crippen LogP contribution in [0.4, 0.5) is 0 Å². The molecule has 1 N–H and O–H groups in total. The number of hydrogen-bond donors (Lipinski definition) is 1. The van der Waals surface area contributed by atoms with Crippen LogP contribution in [0.15, 0.2) is 53.6 Å². The zero-order valence-electron chi connectivity index (χ0n) is 9.29. The highest BCUT2D eigenvalue weighted by Crippen LogP contribution is 2.16. The van der Waals surface area contributed by atoms with Gasteiger partial charge in [0.25, 0.3) is 10.0 Å². The first-order valence-corrected chi connectivity index (χ1v) is 6.51. The minimum atomic E-state index is -3.60. The Morgan fingerprint density at radius 1 is 1.12 bits per heavy atom. The summed E-state index contributed by atoms with van der Waals surface area (Å²) in [4.78, 5) is 0.221. The lowest BCUT2D eigenvalue weighted by Gasteiger charge is -2.09. The Morgan fingerprint density at radius 2 is 1.76 bits per heavy atom. The van der Waals surface area contributed by atoms with Gasteiger partial charge in [0.15, 0.2) is 0 Å². The van der Waals surface area contributed by atoms with Crippen molar-refractivity contribution in [3.8, 4) is 0 Å². The summed E-state index contributed by atoms with van der Waals surface area (Å²) >= 11 is 0. The molecule has 2 aromatic rings. The highest BCUT2D eigenvalue weighted by Gasteiger charge is 2.19. The maximum absolute atomic E-state index is 12.3. The second-order valence-electron chi connectivity index (χ2n) is 3.63. The summed E-state index contributed by atoms with van der Waals surface area (Å²) in [5, 5.41) is 7.55. The number of hydrogen-bond acceptors (Lipinski definition) is 3. The Balaban J connectivity index is 2.61. The third-order valence-corrected chi connectivity index (χ3v) is 4.10. The van der Waals surface area contributed by atoms with Crippen LogP contribution in [0.2, 0.25) is 0 Å². The van der Waals surface area contributed by atoms with Crippen LogP contribution >= 0.6 is 0 Å². The van der Waals surface area contributed by atoms with Gasteiger partial charge >= 0.3 is 0 Å². The van der Waals surface area contributed by atoms with E-state index in [0.29, 0.717) is 5.69 Å². The van der Waals surface area contributed by atoms with Gasteiger partial charge < -0.3 is 5.41 Å². The molecule has 0 fully saturated rings. The highest BCUT2D eigenvalue weighted by molar-refractivity contribution is 7.90. The molecule has 0 bridgehead atoms. The summed E-state index contributed by atoms with van der Waals surface area (Å²) in [6, 6.07) is 11.4. The fourth-order valence-corrected chi connectivity index (χ4v) is 2.99. The van der Waals surface area contributed by atoms with Crippen LogP contribution in [-0.2, 0) is 10.0 Å². The molecular formula is C12H12N2O2S. The van der Waals surface area contributed by atoms with Crippen molar-refractivity contribution < 1.29 is 8.42 Å². The Morgan fingerprint density at radius 3 is 2.35 bits per heavy atom. The smallest absolute Gasteiger partial charge is 0.268 e. The Labute approximate surface area is 100 Å². The molecule has 0 aliphatic carbocycles. The summed E-state index contributed by atoms with van der Waals surface area (Å²) < 4.78 is 25.7. The Hall–Kier alpha value is -1.88. The van der Waals surface area contributed by atoms with Crippen molar-refractivity contribution in [3.05, 3.63) is 54.4 Å². The van der Waals surface area contributed by atoms with Gasteiger partial charge in [0.1, 0.15) is 0 Å². The molecule has 1 aromatic carbocycles. The molecule has 0 aliphatic rings. The molecule has 0 saturated carbocycles. The van der Waals surface area contributed by atoms with Gasteiger partial charge in [-0.2, -0.15) is 0 Å². The predicted octanol–water partition coefficient (Wildman–Crippen LogP) is 2.11. The summed E-state index contributed by atoms with van der Waals surface area (Å²) in [5.74, 6) is 0. The van der Waals surface area contributed by atoms with Crippen LogP contribution in [0, 0.1) is 5.41 Å². The van der Waals surface area contributed by atoms with Crippen LogP contribution < -0.4 is 0 Å². The van der Waals surface area contributed by atoms with E-state index in [2.05, 4.69) is 0 Å². The molecule has 1 heterocycles. The number of rotatable bonds is 3. The van der Waals surface area contributed by atoms with E-state index in [0.717, 1.165) is 3.97 Å². The first kappa shape index (κ1) is 11.6. The Kier molecular flexibility index (Phi) is 2.85. The fraction of sp³-hybridized carbons (Fsp3) is 0.0833. The van der Waals surface area contributed by atoms with E-state index >= 15 is 0 Å². The van der Waals surface area contributed by atoms with Crippen molar-refractivity contribution in [2.24, 2.45) is 0 Å².